The predicted octanol–water partition coefficient (Wildman–Crippen LogP) is 2.80. The molecular formula is C15H21N3O. The molecule has 1 unspecified atom stereocenters. The molecule has 1 aromatic heterocycles. The van der Waals surface area contributed by atoms with Crippen molar-refractivity contribution in [1.29, 1.82) is 0 Å². The Hall–Kier alpha value is -1.81. The van der Waals surface area contributed by atoms with Crippen LogP contribution >= 0.6 is 0 Å². The summed E-state index contributed by atoms with van der Waals surface area (Å²) in [6, 6.07) is 8.09. The van der Waals surface area contributed by atoms with Gasteiger partial charge < -0.3 is 15.0 Å². The number of aliphatic hydroxyl groups excluding tert-OH is 1. The van der Waals surface area contributed by atoms with Gasteiger partial charge in [-0.05, 0) is 31.9 Å². The summed E-state index contributed by atoms with van der Waals surface area (Å²) in [5, 5.41) is 12.6. The minimum atomic E-state index is -0.388. The highest BCUT2D eigenvalue weighted by molar-refractivity contribution is 5.78. The van der Waals surface area contributed by atoms with Crippen LogP contribution in [0.25, 0.3) is 11.0 Å². The third-order valence-electron chi connectivity index (χ3n) is 3.00. The number of imidazole rings is 1. The van der Waals surface area contributed by atoms with Crippen molar-refractivity contribution in [3.8, 4) is 0 Å². The molecule has 0 spiro atoms. The van der Waals surface area contributed by atoms with E-state index in [4.69, 9.17) is 0 Å². The Morgan fingerprint density at radius 1 is 1.47 bits per heavy atom. The maximum Gasteiger partial charge on any atom is 0.203 e. The molecule has 1 aromatic carbocycles. The molecular weight excluding hydrogens is 238 g/mol. The van der Waals surface area contributed by atoms with Crippen molar-refractivity contribution in [1.82, 2.24) is 9.55 Å². The summed E-state index contributed by atoms with van der Waals surface area (Å²) in [4.78, 5) is 4.58. The van der Waals surface area contributed by atoms with Crippen molar-refractivity contribution in [2.24, 2.45) is 0 Å². The second kappa shape index (κ2) is 6.38. The maximum atomic E-state index is 9.38. The number of benzene rings is 1. The highest BCUT2D eigenvalue weighted by atomic mass is 16.3. The van der Waals surface area contributed by atoms with Crippen LogP contribution in [0.1, 0.15) is 19.8 Å². The van der Waals surface area contributed by atoms with Gasteiger partial charge in [0.1, 0.15) is 0 Å². The molecule has 0 amide bonds. The molecule has 0 fully saturated rings. The lowest BCUT2D eigenvalue weighted by atomic mass is 10.3. The molecule has 4 nitrogen and oxygen atoms in total. The zero-order chi connectivity index (χ0) is 13.7. The van der Waals surface area contributed by atoms with Gasteiger partial charge in [0.2, 0.25) is 5.95 Å². The van der Waals surface area contributed by atoms with Gasteiger partial charge in [-0.1, -0.05) is 18.2 Å². The van der Waals surface area contributed by atoms with Gasteiger partial charge in [-0.25, -0.2) is 4.98 Å². The van der Waals surface area contributed by atoms with Crippen LogP contribution in [0.3, 0.4) is 0 Å². The topological polar surface area (TPSA) is 50.1 Å². The van der Waals surface area contributed by atoms with Crippen LogP contribution < -0.4 is 5.32 Å². The quantitative estimate of drug-likeness (QED) is 0.594. The molecule has 2 N–H and O–H groups in total. The molecule has 2 aromatic rings. The molecule has 2 rings (SSSR count). The number of aromatic nitrogens is 2. The number of anilines is 1. The SMILES string of the molecule is C=CCCCn1c(NCC(C)O)nc2ccccc21. The number of rotatable bonds is 7. The summed E-state index contributed by atoms with van der Waals surface area (Å²) in [5.74, 6) is 0.825. The average Bonchev–Trinajstić information content (AvgIpc) is 2.75. The van der Waals surface area contributed by atoms with Crippen molar-refractivity contribution in [3.05, 3.63) is 36.9 Å². The summed E-state index contributed by atoms with van der Waals surface area (Å²) in [5.41, 5.74) is 2.11. The number of unbranched alkanes of at least 4 members (excludes halogenated alkanes) is 1. The van der Waals surface area contributed by atoms with E-state index in [1.165, 1.54) is 0 Å². The molecule has 0 aliphatic carbocycles. The third-order valence-corrected chi connectivity index (χ3v) is 3.00. The van der Waals surface area contributed by atoms with Gasteiger partial charge in [-0.3, -0.25) is 0 Å². The molecule has 1 heterocycles. The zero-order valence-electron chi connectivity index (χ0n) is 11.3. The molecule has 1 atom stereocenters. The van der Waals surface area contributed by atoms with E-state index in [1.807, 2.05) is 24.3 Å². The van der Waals surface area contributed by atoms with E-state index in [0.29, 0.717) is 6.54 Å². The van der Waals surface area contributed by atoms with Crippen molar-refractivity contribution in [2.75, 3.05) is 11.9 Å². The minimum Gasteiger partial charge on any atom is -0.392 e. The van der Waals surface area contributed by atoms with E-state index in [2.05, 4.69) is 27.5 Å². The largest absolute Gasteiger partial charge is 0.392 e. The fraction of sp³-hybridized carbons (Fsp3) is 0.400. The molecule has 0 aliphatic rings. The first-order valence-electron chi connectivity index (χ1n) is 6.70. The summed E-state index contributed by atoms with van der Waals surface area (Å²) < 4.78 is 2.17. The second-order valence-electron chi connectivity index (χ2n) is 4.74. The van der Waals surface area contributed by atoms with Gasteiger partial charge in [-0.15, -0.1) is 6.58 Å². The normalized spacial score (nSPS) is 12.5. The van der Waals surface area contributed by atoms with Crippen molar-refractivity contribution in [3.63, 3.8) is 0 Å². The number of nitrogens with one attached hydrogen (secondary N) is 1. The molecule has 0 saturated carbocycles. The first-order valence-corrected chi connectivity index (χ1v) is 6.70. The number of aryl methyl sites for hydroxylation is 1. The lowest BCUT2D eigenvalue weighted by Gasteiger charge is -2.11. The number of hydrogen-bond acceptors (Lipinski definition) is 3. The van der Waals surface area contributed by atoms with Crippen molar-refractivity contribution >= 4 is 17.0 Å². The molecule has 0 aliphatic heterocycles. The highest BCUT2D eigenvalue weighted by Gasteiger charge is 2.10. The Kier molecular flexibility index (Phi) is 4.58. The molecule has 4 heteroatoms. The van der Waals surface area contributed by atoms with Crippen molar-refractivity contribution in [2.45, 2.75) is 32.4 Å². The van der Waals surface area contributed by atoms with E-state index >= 15 is 0 Å². The van der Waals surface area contributed by atoms with Crippen LogP contribution in [0.5, 0.6) is 0 Å². The van der Waals surface area contributed by atoms with Crippen LogP contribution in [-0.2, 0) is 6.54 Å². The molecule has 0 saturated heterocycles. The van der Waals surface area contributed by atoms with Crippen LogP contribution in [0.2, 0.25) is 0 Å². The summed E-state index contributed by atoms with van der Waals surface area (Å²) in [6.07, 6.45) is 3.57. The van der Waals surface area contributed by atoms with E-state index in [9.17, 15) is 5.11 Å². The number of para-hydroxylation sites is 2. The summed E-state index contributed by atoms with van der Waals surface area (Å²) >= 11 is 0. The maximum absolute atomic E-state index is 9.38. The third kappa shape index (κ3) is 3.35. The zero-order valence-corrected chi connectivity index (χ0v) is 11.3. The standard InChI is InChI=1S/C15H21N3O/c1-3-4-7-10-18-14-9-6-5-8-13(14)17-15(18)16-11-12(2)19/h3,5-6,8-9,12,19H,1,4,7,10-11H2,2H3,(H,16,17). The van der Waals surface area contributed by atoms with E-state index in [0.717, 1.165) is 36.4 Å². The Balaban J connectivity index is 2.26. The van der Waals surface area contributed by atoms with Gasteiger partial charge in [0.15, 0.2) is 0 Å². The number of fused-ring (bicyclic) bond motifs is 1. The smallest absolute Gasteiger partial charge is 0.203 e. The van der Waals surface area contributed by atoms with Gasteiger partial charge in [-0.2, -0.15) is 0 Å². The minimum absolute atomic E-state index is 0.388. The van der Waals surface area contributed by atoms with Crippen LogP contribution in [-0.4, -0.2) is 27.3 Å². The van der Waals surface area contributed by atoms with E-state index in [-0.39, 0.29) is 6.10 Å². The summed E-state index contributed by atoms with van der Waals surface area (Å²) in [6.45, 7) is 6.91. The molecule has 0 radical (unpaired) electrons. The first kappa shape index (κ1) is 13.6. The number of allylic oxidation sites excluding steroid dienone is 1. The summed E-state index contributed by atoms with van der Waals surface area (Å²) in [7, 11) is 0. The van der Waals surface area contributed by atoms with Gasteiger partial charge in [0.05, 0.1) is 17.1 Å². The lowest BCUT2D eigenvalue weighted by Crippen LogP contribution is -2.18. The molecule has 19 heavy (non-hydrogen) atoms. The fourth-order valence-corrected chi connectivity index (χ4v) is 2.07. The van der Waals surface area contributed by atoms with Gasteiger partial charge >= 0.3 is 0 Å². The Morgan fingerprint density at radius 2 is 2.26 bits per heavy atom. The predicted molar refractivity (Wildman–Crippen MR) is 79.3 cm³/mol. The average molecular weight is 259 g/mol. The lowest BCUT2D eigenvalue weighted by molar-refractivity contribution is 0.208. The van der Waals surface area contributed by atoms with Gasteiger partial charge in [0.25, 0.3) is 0 Å². The molecule has 102 valence electrons. The number of nitrogens with zero attached hydrogens (tertiary/aromatic N) is 2. The van der Waals surface area contributed by atoms with Gasteiger partial charge in [0, 0.05) is 13.1 Å². The Morgan fingerprint density at radius 3 is 3.00 bits per heavy atom. The Labute approximate surface area is 113 Å². The van der Waals surface area contributed by atoms with E-state index < -0.39 is 0 Å². The monoisotopic (exact) mass is 259 g/mol. The van der Waals surface area contributed by atoms with Crippen molar-refractivity contribution < 1.29 is 5.11 Å². The second-order valence-corrected chi connectivity index (χ2v) is 4.74. The fourth-order valence-electron chi connectivity index (χ4n) is 2.07. The highest BCUT2D eigenvalue weighted by Crippen LogP contribution is 2.20. The number of aliphatic hydroxyl groups is 1. The Bertz CT molecular complexity index is 545. The van der Waals surface area contributed by atoms with Crippen LogP contribution in [0.15, 0.2) is 36.9 Å². The van der Waals surface area contributed by atoms with Crippen LogP contribution in [0.4, 0.5) is 5.95 Å². The first-order chi connectivity index (χ1) is 9.22. The van der Waals surface area contributed by atoms with Crippen LogP contribution in [0, 0.1) is 0 Å². The van der Waals surface area contributed by atoms with E-state index in [1.54, 1.807) is 6.92 Å². The molecule has 0 bridgehead atoms. The number of hydrogen-bond donors (Lipinski definition) is 2.